The molecule has 0 aromatic heterocycles. The molecule has 2 aromatic carbocycles. The van der Waals surface area contributed by atoms with E-state index < -0.39 is 5.60 Å². The van der Waals surface area contributed by atoms with Crippen LogP contribution in [-0.4, -0.2) is 7.11 Å². The number of hydrogen-bond donors (Lipinski definition) is 0. The summed E-state index contributed by atoms with van der Waals surface area (Å²) in [6.07, 6.45) is 3.71. The van der Waals surface area contributed by atoms with E-state index in [1.807, 2.05) is 67.6 Å². The number of ether oxygens (including phenoxy) is 1. The minimum absolute atomic E-state index is 0.834. The van der Waals surface area contributed by atoms with Crippen LogP contribution < -0.4 is 0 Å². The number of methoxy groups -OCH3 is 1. The van der Waals surface area contributed by atoms with Gasteiger partial charge in [0.05, 0.1) is 0 Å². The quantitative estimate of drug-likeness (QED) is 0.833. The normalized spacial score (nSPS) is 13.8. The Morgan fingerprint density at radius 1 is 1.05 bits per heavy atom. The molecule has 0 bridgehead atoms. The van der Waals surface area contributed by atoms with Crippen molar-refractivity contribution < 1.29 is 4.74 Å². The van der Waals surface area contributed by atoms with Crippen molar-refractivity contribution in [1.29, 1.82) is 5.26 Å². The molecule has 0 saturated heterocycles. The summed E-state index contributed by atoms with van der Waals surface area (Å²) in [5.41, 5.74) is 1.98. The molecule has 2 rings (SSSR count). The van der Waals surface area contributed by atoms with Crippen molar-refractivity contribution in [1.82, 2.24) is 0 Å². The fourth-order valence-corrected chi connectivity index (χ4v) is 2.01. The Labute approximate surface area is 119 Å². The maximum atomic E-state index is 9.55. The van der Waals surface area contributed by atoms with Crippen LogP contribution in [0.25, 0.3) is 6.08 Å². The highest BCUT2D eigenvalue weighted by atomic mass is 16.5. The van der Waals surface area contributed by atoms with Gasteiger partial charge in [0.25, 0.3) is 0 Å². The first-order valence-corrected chi connectivity index (χ1v) is 6.48. The fraction of sp³-hybridized carbons (Fsp3) is 0.167. The van der Waals surface area contributed by atoms with E-state index in [4.69, 9.17) is 4.74 Å². The number of nitrogens with zero attached hydrogens (tertiary/aromatic N) is 1. The Morgan fingerprint density at radius 3 is 2.25 bits per heavy atom. The van der Waals surface area contributed by atoms with E-state index in [0.29, 0.717) is 0 Å². The Morgan fingerprint density at radius 2 is 1.70 bits per heavy atom. The first-order chi connectivity index (χ1) is 9.70. The predicted octanol–water partition coefficient (Wildman–Crippen LogP) is 4.07. The van der Waals surface area contributed by atoms with Gasteiger partial charge in [-0.3, -0.25) is 0 Å². The molecule has 0 aliphatic carbocycles. The lowest BCUT2D eigenvalue weighted by atomic mass is 9.93. The Balaban J connectivity index is 2.38. The average Bonchev–Trinajstić information content (AvgIpc) is 2.51. The minimum atomic E-state index is -1.05. The van der Waals surface area contributed by atoms with Crippen LogP contribution in [0.1, 0.15) is 16.7 Å². The van der Waals surface area contributed by atoms with Crippen LogP contribution in [0.15, 0.2) is 60.7 Å². The zero-order chi connectivity index (χ0) is 14.4. The molecule has 100 valence electrons. The number of hydrogen-bond acceptors (Lipinski definition) is 2. The van der Waals surface area contributed by atoms with Gasteiger partial charge in [-0.25, -0.2) is 0 Å². The molecule has 2 aromatic rings. The van der Waals surface area contributed by atoms with Crippen molar-refractivity contribution >= 4 is 6.08 Å². The van der Waals surface area contributed by atoms with Gasteiger partial charge in [0.1, 0.15) is 6.07 Å². The molecule has 2 nitrogen and oxygen atoms in total. The molecule has 1 unspecified atom stereocenters. The first kappa shape index (κ1) is 14.0. The molecular formula is C18H17NO. The van der Waals surface area contributed by atoms with Gasteiger partial charge in [-0.15, -0.1) is 0 Å². The second-order valence-electron chi connectivity index (χ2n) is 4.66. The van der Waals surface area contributed by atoms with E-state index in [-0.39, 0.29) is 0 Å². The number of benzene rings is 2. The van der Waals surface area contributed by atoms with Crippen LogP contribution in [0, 0.1) is 18.3 Å². The van der Waals surface area contributed by atoms with Crippen molar-refractivity contribution in [2.24, 2.45) is 0 Å². The molecule has 2 heteroatoms. The van der Waals surface area contributed by atoms with Crippen LogP contribution in [0.3, 0.4) is 0 Å². The summed E-state index contributed by atoms with van der Waals surface area (Å²) in [5, 5.41) is 9.55. The third kappa shape index (κ3) is 2.96. The second kappa shape index (κ2) is 6.18. The topological polar surface area (TPSA) is 33.0 Å². The Bertz CT molecular complexity index is 623. The van der Waals surface area contributed by atoms with Gasteiger partial charge in [-0.2, -0.15) is 5.26 Å². The third-order valence-electron chi connectivity index (χ3n) is 3.28. The number of nitriles is 1. The maximum Gasteiger partial charge on any atom is 0.198 e. The first-order valence-electron chi connectivity index (χ1n) is 6.48. The maximum absolute atomic E-state index is 9.55. The van der Waals surface area contributed by atoms with Gasteiger partial charge in [0.2, 0.25) is 0 Å². The molecule has 0 amide bonds. The molecule has 0 spiro atoms. The lowest BCUT2D eigenvalue weighted by Gasteiger charge is -2.22. The Hall–Kier alpha value is -2.37. The lowest BCUT2D eigenvalue weighted by molar-refractivity contribution is 0.0799. The summed E-state index contributed by atoms with van der Waals surface area (Å²) in [6.45, 7) is 2.02. The van der Waals surface area contributed by atoms with Crippen LogP contribution >= 0.6 is 0 Å². The highest BCUT2D eigenvalue weighted by Crippen LogP contribution is 2.27. The summed E-state index contributed by atoms with van der Waals surface area (Å²) >= 11 is 0. The smallest absolute Gasteiger partial charge is 0.198 e. The molecule has 0 radical (unpaired) electrons. The molecule has 0 aliphatic rings. The second-order valence-corrected chi connectivity index (χ2v) is 4.66. The van der Waals surface area contributed by atoms with E-state index in [2.05, 4.69) is 6.07 Å². The SMILES string of the molecule is COC(C#N)(/C=C/c1ccccc1)c1ccc(C)cc1. The van der Waals surface area contributed by atoms with Gasteiger partial charge in [0.15, 0.2) is 5.60 Å². The highest BCUT2D eigenvalue weighted by molar-refractivity contribution is 5.53. The van der Waals surface area contributed by atoms with Gasteiger partial charge in [0, 0.05) is 12.7 Å². The van der Waals surface area contributed by atoms with Crippen molar-refractivity contribution in [2.45, 2.75) is 12.5 Å². The molecule has 0 aliphatic heterocycles. The van der Waals surface area contributed by atoms with Crippen molar-refractivity contribution in [3.63, 3.8) is 0 Å². The Kier molecular flexibility index (Phi) is 4.34. The predicted molar refractivity (Wildman–Crippen MR) is 81.0 cm³/mol. The number of rotatable bonds is 4. The van der Waals surface area contributed by atoms with Crippen molar-refractivity contribution in [2.75, 3.05) is 7.11 Å². The van der Waals surface area contributed by atoms with E-state index in [0.717, 1.165) is 16.7 Å². The average molecular weight is 263 g/mol. The van der Waals surface area contributed by atoms with Gasteiger partial charge in [-0.05, 0) is 18.6 Å². The van der Waals surface area contributed by atoms with Crippen molar-refractivity contribution in [3.8, 4) is 6.07 Å². The highest BCUT2D eigenvalue weighted by Gasteiger charge is 2.28. The molecule has 1 atom stereocenters. The minimum Gasteiger partial charge on any atom is -0.356 e. The summed E-state index contributed by atoms with van der Waals surface area (Å²) in [5.74, 6) is 0. The molecule has 0 N–H and O–H groups in total. The van der Waals surface area contributed by atoms with E-state index >= 15 is 0 Å². The summed E-state index contributed by atoms with van der Waals surface area (Å²) in [7, 11) is 1.55. The van der Waals surface area contributed by atoms with E-state index in [1.165, 1.54) is 0 Å². The molecule has 0 saturated carbocycles. The van der Waals surface area contributed by atoms with Gasteiger partial charge >= 0.3 is 0 Å². The third-order valence-corrected chi connectivity index (χ3v) is 3.28. The zero-order valence-corrected chi connectivity index (χ0v) is 11.7. The van der Waals surface area contributed by atoms with Gasteiger partial charge < -0.3 is 4.74 Å². The number of aryl methyl sites for hydroxylation is 1. The van der Waals surface area contributed by atoms with Gasteiger partial charge in [-0.1, -0.05) is 66.2 Å². The van der Waals surface area contributed by atoms with Crippen LogP contribution in [-0.2, 0) is 10.3 Å². The van der Waals surface area contributed by atoms with Crippen LogP contribution in [0.2, 0.25) is 0 Å². The molecule has 0 heterocycles. The summed E-state index contributed by atoms with van der Waals surface area (Å²) in [4.78, 5) is 0. The molecule has 20 heavy (non-hydrogen) atoms. The van der Waals surface area contributed by atoms with E-state index in [1.54, 1.807) is 13.2 Å². The molecule has 0 fully saturated rings. The molecular weight excluding hydrogens is 246 g/mol. The summed E-state index contributed by atoms with van der Waals surface area (Å²) in [6, 6.07) is 20.0. The van der Waals surface area contributed by atoms with Crippen molar-refractivity contribution in [3.05, 3.63) is 77.4 Å². The fourth-order valence-electron chi connectivity index (χ4n) is 2.01. The lowest BCUT2D eigenvalue weighted by Crippen LogP contribution is -2.23. The standard InChI is InChI=1S/C18H17NO/c1-15-8-10-17(11-9-15)18(14-19,20-2)13-12-16-6-4-3-5-7-16/h3-13H,1-2H3/b13-12+. The largest absolute Gasteiger partial charge is 0.356 e. The monoisotopic (exact) mass is 263 g/mol. The zero-order valence-electron chi connectivity index (χ0n) is 11.7. The van der Waals surface area contributed by atoms with E-state index in [9.17, 15) is 5.26 Å². The van der Waals surface area contributed by atoms with Crippen LogP contribution in [0.4, 0.5) is 0 Å². The summed E-state index contributed by atoms with van der Waals surface area (Å²) < 4.78 is 5.49. The van der Waals surface area contributed by atoms with Crippen LogP contribution in [0.5, 0.6) is 0 Å².